The molecule has 3 N–H and O–H groups in total. The second-order valence-corrected chi connectivity index (χ2v) is 4.19. The van der Waals surface area contributed by atoms with Gasteiger partial charge in [-0.2, -0.15) is 0 Å². The molecule has 0 aliphatic carbocycles. The van der Waals surface area contributed by atoms with Gasteiger partial charge in [-0.25, -0.2) is 0 Å². The van der Waals surface area contributed by atoms with Crippen LogP contribution in [0.15, 0.2) is 18.2 Å². The van der Waals surface area contributed by atoms with E-state index < -0.39 is 0 Å². The third-order valence-corrected chi connectivity index (χ3v) is 2.51. The van der Waals surface area contributed by atoms with E-state index in [0.29, 0.717) is 25.4 Å². The molecular formula is C14H22N2O3. The average Bonchev–Trinajstić information content (AvgIpc) is 2.40. The number of hydrogen-bond donors (Lipinski definition) is 3. The van der Waals surface area contributed by atoms with Crippen LogP contribution in [0.1, 0.15) is 25.8 Å². The number of amides is 1. The lowest BCUT2D eigenvalue weighted by atomic mass is 10.2. The predicted octanol–water partition coefficient (Wildman–Crippen LogP) is 1.41. The van der Waals surface area contributed by atoms with Crippen LogP contribution in [-0.4, -0.2) is 30.7 Å². The topological polar surface area (TPSA) is 70.6 Å². The van der Waals surface area contributed by atoms with E-state index in [4.69, 9.17) is 4.74 Å². The fourth-order valence-corrected chi connectivity index (χ4v) is 1.59. The number of hydrogen-bond acceptors (Lipinski definition) is 4. The highest BCUT2D eigenvalue weighted by molar-refractivity contribution is 5.77. The molecule has 1 aromatic carbocycles. The highest BCUT2D eigenvalue weighted by atomic mass is 16.5. The quantitative estimate of drug-likeness (QED) is 0.665. The third-order valence-electron chi connectivity index (χ3n) is 2.51. The summed E-state index contributed by atoms with van der Waals surface area (Å²) in [7, 11) is 0. The second kappa shape index (κ2) is 8.37. The fourth-order valence-electron chi connectivity index (χ4n) is 1.59. The van der Waals surface area contributed by atoms with Crippen molar-refractivity contribution < 1.29 is 14.6 Å². The maximum absolute atomic E-state index is 11.4. The van der Waals surface area contributed by atoms with Crippen LogP contribution >= 0.6 is 0 Å². The summed E-state index contributed by atoms with van der Waals surface area (Å²) in [6.07, 6.45) is 0.932. The number of phenols is 1. The van der Waals surface area contributed by atoms with Crippen LogP contribution < -0.4 is 15.4 Å². The summed E-state index contributed by atoms with van der Waals surface area (Å²) in [6.45, 7) is 5.92. The van der Waals surface area contributed by atoms with Crippen molar-refractivity contribution in [1.82, 2.24) is 10.6 Å². The van der Waals surface area contributed by atoms with Gasteiger partial charge in [0.2, 0.25) is 5.91 Å². The zero-order chi connectivity index (χ0) is 14.1. The summed E-state index contributed by atoms with van der Waals surface area (Å²) < 4.78 is 5.30. The molecule has 19 heavy (non-hydrogen) atoms. The average molecular weight is 266 g/mol. The van der Waals surface area contributed by atoms with Gasteiger partial charge in [0.25, 0.3) is 0 Å². The molecule has 0 bridgehead atoms. The largest absolute Gasteiger partial charge is 0.504 e. The van der Waals surface area contributed by atoms with Gasteiger partial charge in [0, 0.05) is 13.1 Å². The van der Waals surface area contributed by atoms with Crippen LogP contribution in [0, 0.1) is 0 Å². The van der Waals surface area contributed by atoms with E-state index in [1.165, 1.54) is 0 Å². The van der Waals surface area contributed by atoms with E-state index in [-0.39, 0.29) is 18.2 Å². The van der Waals surface area contributed by atoms with E-state index in [2.05, 4.69) is 10.6 Å². The van der Waals surface area contributed by atoms with Gasteiger partial charge in [-0.05, 0) is 31.0 Å². The van der Waals surface area contributed by atoms with E-state index in [0.717, 1.165) is 12.0 Å². The lowest BCUT2D eigenvalue weighted by Crippen LogP contribution is -2.33. The number of phenolic OH excluding ortho intramolecular Hbond substituents is 1. The molecule has 0 aromatic heterocycles. The molecule has 1 amide bonds. The minimum absolute atomic E-state index is 0.00865. The Kier molecular flexibility index (Phi) is 6.74. The maximum atomic E-state index is 11.4. The summed E-state index contributed by atoms with van der Waals surface area (Å²) in [6, 6.07) is 5.17. The van der Waals surface area contributed by atoms with Crippen molar-refractivity contribution in [2.24, 2.45) is 0 Å². The number of aromatic hydroxyl groups is 1. The number of ether oxygens (including phenoxy) is 1. The normalized spacial score (nSPS) is 10.2. The molecule has 0 heterocycles. The molecule has 0 saturated heterocycles. The van der Waals surface area contributed by atoms with Crippen molar-refractivity contribution in [3.63, 3.8) is 0 Å². The van der Waals surface area contributed by atoms with Crippen molar-refractivity contribution in [3.05, 3.63) is 23.8 Å². The van der Waals surface area contributed by atoms with Crippen molar-refractivity contribution in [3.8, 4) is 11.5 Å². The fraction of sp³-hybridized carbons (Fsp3) is 0.500. The van der Waals surface area contributed by atoms with Gasteiger partial charge in [-0.15, -0.1) is 0 Å². The van der Waals surface area contributed by atoms with E-state index in [1.54, 1.807) is 18.2 Å². The van der Waals surface area contributed by atoms with Crippen LogP contribution in [0.5, 0.6) is 11.5 Å². The molecule has 0 aliphatic heterocycles. The van der Waals surface area contributed by atoms with Gasteiger partial charge < -0.3 is 20.5 Å². The molecule has 5 heteroatoms. The summed E-state index contributed by atoms with van der Waals surface area (Å²) in [4.78, 5) is 11.4. The number of nitrogens with one attached hydrogen (secondary N) is 2. The monoisotopic (exact) mass is 266 g/mol. The summed E-state index contributed by atoms with van der Waals surface area (Å²) >= 11 is 0. The van der Waals surface area contributed by atoms with Gasteiger partial charge in [-0.1, -0.05) is 13.0 Å². The molecule has 1 aromatic rings. The summed E-state index contributed by atoms with van der Waals surface area (Å²) in [5.41, 5.74) is 0.963. The standard InChI is InChI=1S/C14H22N2O3/c1-3-7-16-14(18)10-15-9-11-5-6-12(17)13(8-11)19-4-2/h5-6,8,15,17H,3-4,7,9-10H2,1-2H3,(H,16,18). The molecule has 106 valence electrons. The minimum Gasteiger partial charge on any atom is -0.504 e. The van der Waals surface area contributed by atoms with Crippen LogP contribution in [0.25, 0.3) is 0 Å². The first kappa shape index (κ1) is 15.3. The van der Waals surface area contributed by atoms with E-state index >= 15 is 0 Å². The Morgan fingerprint density at radius 1 is 1.37 bits per heavy atom. The first-order chi connectivity index (χ1) is 9.17. The first-order valence-corrected chi connectivity index (χ1v) is 6.59. The highest BCUT2D eigenvalue weighted by Crippen LogP contribution is 2.26. The van der Waals surface area contributed by atoms with Gasteiger partial charge in [-0.3, -0.25) is 4.79 Å². The summed E-state index contributed by atoms with van der Waals surface area (Å²) in [5, 5.41) is 15.4. The molecular weight excluding hydrogens is 244 g/mol. The molecule has 0 aliphatic rings. The zero-order valence-corrected chi connectivity index (χ0v) is 11.5. The van der Waals surface area contributed by atoms with Crippen LogP contribution in [0.4, 0.5) is 0 Å². The SMILES string of the molecule is CCCNC(=O)CNCc1ccc(O)c(OCC)c1. The second-order valence-electron chi connectivity index (χ2n) is 4.19. The van der Waals surface area contributed by atoms with Gasteiger partial charge >= 0.3 is 0 Å². The van der Waals surface area contributed by atoms with Gasteiger partial charge in [0.15, 0.2) is 11.5 Å². The van der Waals surface area contributed by atoms with Crippen molar-refractivity contribution in [1.29, 1.82) is 0 Å². The Hall–Kier alpha value is -1.75. The number of carbonyl (C=O) groups excluding carboxylic acids is 1. The first-order valence-electron chi connectivity index (χ1n) is 6.59. The van der Waals surface area contributed by atoms with Crippen molar-refractivity contribution in [2.45, 2.75) is 26.8 Å². The van der Waals surface area contributed by atoms with Crippen molar-refractivity contribution in [2.75, 3.05) is 19.7 Å². The third kappa shape index (κ3) is 5.61. The minimum atomic E-state index is -0.00865. The summed E-state index contributed by atoms with van der Waals surface area (Å²) in [5.74, 6) is 0.592. The van der Waals surface area contributed by atoms with Crippen molar-refractivity contribution >= 4 is 5.91 Å². The Bertz CT molecular complexity index is 408. The molecule has 0 saturated carbocycles. The zero-order valence-electron chi connectivity index (χ0n) is 11.5. The highest BCUT2D eigenvalue weighted by Gasteiger charge is 2.04. The Morgan fingerprint density at radius 3 is 2.84 bits per heavy atom. The Morgan fingerprint density at radius 2 is 2.16 bits per heavy atom. The Labute approximate surface area is 114 Å². The Balaban J connectivity index is 2.40. The predicted molar refractivity (Wildman–Crippen MR) is 74.3 cm³/mol. The van der Waals surface area contributed by atoms with Gasteiger partial charge in [0.05, 0.1) is 13.2 Å². The number of rotatable bonds is 8. The molecule has 0 spiro atoms. The molecule has 0 unspecified atom stereocenters. The number of carbonyl (C=O) groups is 1. The molecule has 0 radical (unpaired) electrons. The lowest BCUT2D eigenvalue weighted by Gasteiger charge is -2.09. The maximum Gasteiger partial charge on any atom is 0.233 e. The molecule has 0 atom stereocenters. The van der Waals surface area contributed by atoms with E-state index in [1.807, 2.05) is 13.8 Å². The molecule has 0 fully saturated rings. The van der Waals surface area contributed by atoms with Crippen LogP contribution in [0.2, 0.25) is 0 Å². The van der Waals surface area contributed by atoms with Crippen LogP contribution in [-0.2, 0) is 11.3 Å². The number of benzene rings is 1. The molecule has 1 rings (SSSR count). The van der Waals surface area contributed by atoms with E-state index in [9.17, 15) is 9.90 Å². The lowest BCUT2D eigenvalue weighted by molar-refractivity contribution is -0.120. The van der Waals surface area contributed by atoms with Crippen LogP contribution in [0.3, 0.4) is 0 Å². The molecule has 5 nitrogen and oxygen atoms in total. The van der Waals surface area contributed by atoms with Gasteiger partial charge in [0.1, 0.15) is 0 Å². The smallest absolute Gasteiger partial charge is 0.233 e.